The largest absolute Gasteiger partial charge is 0.481 e. The predicted octanol–water partition coefficient (Wildman–Crippen LogP) is 9.77. The van der Waals surface area contributed by atoms with Crippen molar-refractivity contribution >= 4 is 54.7 Å². The number of carboxylic acid groups (broad SMARTS) is 1. The summed E-state index contributed by atoms with van der Waals surface area (Å²) in [5, 5.41) is 13.5. The number of rotatable bonds is 11. The minimum atomic E-state index is -4.32. The number of nitrogens with zero attached hydrogens (tertiary/aromatic N) is 2. The first-order valence-corrected chi connectivity index (χ1v) is 19.4. The van der Waals surface area contributed by atoms with E-state index in [4.69, 9.17) is 0 Å². The first-order valence-electron chi connectivity index (χ1n) is 17.9. The van der Waals surface area contributed by atoms with Crippen molar-refractivity contribution in [1.82, 2.24) is 0 Å². The fourth-order valence-corrected chi connectivity index (χ4v) is 8.84. The molecule has 266 valence electrons. The van der Waals surface area contributed by atoms with Crippen LogP contribution in [0.2, 0.25) is 0 Å². The number of carboxylic acids is 1. The van der Waals surface area contributed by atoms with Gasteiger partial charge in [-0.15, -0.1) is 0 Å². The van der Waals surface area contributed by atoms with Crippen molar-refractivity contribution < 1.29 is 27.4 Å². The summed E-state index contributed by atoms with van der Waals surface area (Å²) in [6.45, 7) is 17.0. The molecule has 0 radical (unpaired) electrons. The van der Waals surface area contributed by atoms with E-state index in [9.17, 15) is 22.9 Å². The lowest BCUT2D eigenvalue weighted by Crippen LogP contribution is -2.27. The Morgan fingerprint density at radius 2 is 1.53 bits per heavy atom. The lowest BCUT2D eigenvalue weighted by atomic mass is 9.78. The van der Waals surface area contributed by atoms with Gasteiger partial charge in [0, 0.05) is 47.5 Å². The van der Waals surface area contributed by atoms with Crippen LogP contribution in [0.1, 0.15) is 83.9 Å². The Bertz CT molecular complexity index is 2310. The van der Waals surface area contributed by atoms with Gasteiger partial charge in [-0.25, -0.2) is 0 Å². The first-order chi connectivity index (χ1) is 24.1. The molecule has 0 spiro atoms. The van der Waals surface area contributed by atoms with E-state index in [1.54, 1.807) is 6.07 Å². The van der Waals surface area contributed by atoms with E-state index in [2.05, 4.69) is 113 Å². The second kappa shape index (κ2) is 13.5. The van der Waals surface area contributed by atoms with E-state index >= 15 is 0 Å². The number of hydrogen-bond acceptors (Lipinski definition) is 4. The summed E-state index contributed by atoms with van der Waals surface area (Å²) >= 11 is 0. The van der Waals surface area contributed by atoms with E-state index in [0.717, 1.165) is 59.2 Å². The maximum absolute atomic E-state index is 11.9. The van der Waals surface area contributed by atoms with Gasteiger partial charge in [0.15, 0.2) is 5.71 Å². The topological polar surface area (TPSA) is 97.9 Å². The number of aliphatic carboxylic acids is 1. The number of hydrogen-bond donors (Lipinski definition) is 2. The van der Waals surface area contributed by atoms with Gasteiger partial charge in [0.05, 0.1) is 10.3 Å². The second-order valence-electron chi connectivity index (χ2n) is 14.9. The summed E-state index contributed by atoms with van der Waals surface area (Å²) in [6, 6.07) is 19.9. The van der Waals surface area contributed by atoms with Crippen LogP contribution in [0.5, 0.6) is 0 Å². The zero-order chi connectivity index (χ0) is 36.9. The van der Waals surface area contributed by atoms with Crippen molar-refractivity contribution in [1.29, 1.82) is 0 Å². The molecule has 0 bridgehead atoms. The van der Waals surface area contributed by atoms with Crippen molar-refractivity contribution in [3.63, 3.8) is 0 Å². The quantitative estimate of drug-likeness (QED) is 0.0698. The minimum Gasteiger partial charge on any atom is -0.481 e. The third-order valence-electron chi connectivity index (χ3n) is 10.8. The van der Waals surface area contributed by atoms with E-state index in [0.29, 0.717) is 6.42 Å². The average Bonchev–Trinajstić information content (AvgIpc) is 3.44. The van der Waals surface area contributed by atoms with E-state index in [-0.39, 0.29) is 16.7 Å². The molecule has 2 heterocycles. The molecular formula is C43H49N2O5S+. The molecule has 51 heavy (non-hydrogen) atoms. The monoisotopic (exact) mass is 705 g/mol. The molecule has 0 amide bonds. The zero-order valence-electron chi connectivity index (χ0n) is 30.7. The van der Waals surface area contributed by atoms with Crippen LogP contribution >= 0.6 is 0 Å². The second-order valence-corrected chi connectivity index (χ2v) is 16.3. The van der Waals surface area contributed by atoms with Gasteiger partial charge in [-0.1, -0.05) is 61.9 Å². The fraction of sp³-hybridized carbons (Fsp3) is 0.349. The Morgan fingerprint density at radius 3 is 2.22 bits per heavy atom. The molecular weight excluding hydrogens is 657 g/mol. The van der Waals surface area contributed by atoms with Crippen LogP contribution in [0.3, 0.4) is 0 Å². The molecule has 0 aromatic heterocycles. The molecule has 0 atom stereocenters. The van der Waals surface area contributed by atoms with Crippen LogP contribution in [0.25, 0.3) is 21.5 Å². The lowest BCUT2D eigenvalue weighted by molar-refractivity contribution is -0.433. The van der Waals surface area contributed by atoms with Gasteiger partial charge in [0.25, 0.3) is 10.1 Å². The van der Waals surface area contributed by atoms with Crippen LogP contribution in [0, 0.1) is 6.92 Å². The minimum absolute atomic E-state index is 0.118. The van der Waals surface area contributed by atoms with Gasteiger partial charge in [-0.05, 0) is 117 Å². The molecule has 8 heteroatoms. The SMILES string of the molecule is CCN1/C(=C/C=C(/C=C/C2=[N+](CC)c3ccc4cc(C)ccc4c3C2(C)C)CCCCC(=O)O)C(C)(C)c2c1ccc1cc(S(=O)(=O)O)ccc21. The molecule has 2 N–H and O–H groups in total. The van der Waals surface area contributed by atoms with Crippen LogP contribution < -0.4 is 4.90 Å². The first kappa shape index (κ1) is 36.3. The summed E-state index contributed by atoms with van der Waals surface area (Å²) < 4.78 is 35.9. The molecule has 6 rings (SSSR count). The molecule has 0 unspecified atom stereocenters. The van der Waals surface area contributed by atoms with Crippen molar-refractivity contribution in [3.05, 3.63) is 113 Å². The third-order valence-corrected chi connectivity index (χ3v) is 11.6. The Balaban J connectivity index is 1.41. The summed E-state index contributed by atoms with van der Waals surface area (Å²) in [5.74, 6) is -0.778. The highest BCUT2D eigenvalue weighted by Crippen LogP contribution is 2.51. The number of allylic oxidation sites excluding steroid dienone is 6. The highest BCUT2D eigenvalue weighted by molar-refractivity contribution is 7.85. The van der Waals surface area contributed by atoms with Gasteiger partial charge >= 0.3 is 5.97 Å². The maximum Gasteiger partial charge on any atom is 0.303 e. The normalized spacial score (nSPS) is 17.7. The van der Waals surface area contributed by atoms with Crippen molar-refractivity contribution in [3.8, 4) is 0 Å². The number of aryl methyl sites for hydroxylation is 1. The number of anilines is 1. The lowest BCUT2D eigenvalue weighted by Gasteiger charge is -2.26. The molecule has 4 aromatic carbocycles. The van der Waals surface area contributed by atoms with Crippen molar-refractivity contribution in [2.75, 3.05) is 18.0 Å². The Kier molecular flexibility index (Phi) is 9.63. The van der Waals surface area contributed by atoms with Crippen LogP contribution in [-0.4, -0.2) is 47.4 Å². The molecule has 4 aromatic rings. The van der Waals surface area contributed by atoms with Gasteiger partial charge in [-0.3, -0.25) is 9.35 Å². The summed E-state index contributed by atoms with van der Waals surface area (Å²) in [7, 11) is -4.32. The van der Waals surface area contributed by atoms with Gasteiger partial charge < -0.3 is 10.0 Å². The number of unbranched alkanes of at least 4 members (excludes halogenated alkanes) is 1. The van der Waals surface area contributed by atoms with Crippen LogP contribution in [0.15, 0.2) is 101 Å². The predicted molar refractivity (Wildman–Crippen MR) is 208 cm³/mol. The summed E-state index contributed by atoms with van der Waals surface area (Å²) in [4.78, 5) is 13.5. The Labute approximate surface area is 302 Å². The highest BCUT2D eigenvalue weighted by atomic mass is 32.2. The maximum atomic E-state index is 11.9. The molecule has 0 saturated carbocycles. The van der Waals surface area contributed by atoms with E-state index in [1.807, 2.05) is 12.1 Å². The summed E-state index contributed by atoms with van der Waals surface area (Å²) in [6.07, 6.45) is 11.1. The van der Waals surface area contributed by atoms with Crippen molar-refractivity contribution in [2.45, 2.75) is 89.9 Å². The van der Waals surface area contributed by atoms with Gasteiger partial charge in [-0.2, -0.15) is 13.0 Å². The van der Waals surface area contributed by atoms with Crippen molar-refractivity contribution in [2.24, 2.45) is 0 Å². The smallest absolute Gasteiger partial charge is 0.303 e. The van der Waals surface area contributed by atoms with E-state index in [1.165, 1.54) is 45.4 Å². The Hall–Kier alpha value is -4.53. The third kappa shape index (κ3) is 6.56. The molecule has 0 saturated heterocycles. The van der Waals surface area contributed by atoms with Crippen LogP contribution in [-0.2, 0) is 25.7 Å². The molecule has 2 aliphatic heterocycles. The highest BCUT2D eigenvalue weighted by Gasteiger charge is 2.45. The zero-order valence-corrected chi connectivity index (χ0v) is 31.6. The van der Waals surface area contributed by atoms with E-state index < -0.39 is 21.5 Å². The standard InChI is InChI=1S/C43H48N2O5S/c1-8-44-35-22-17-30-26-28(3)14-20-33(30)40(35)42(4,5)37(44)24-15-29(12-10-11-13-39(46)47)16-25-38-43(6,7)41-34-21-19-32(51(48,49)50)27-31(34)18-23-36(41)45(38)9-2/h14-27H,8-13H2,1-7H3,(H-,46,47,48,49,50)/p+1. The molecule has 7 nitrogen and oxygen atoms in total. The fourth-order valence-electron chi connectivity index (χ4n) is 8.33. The van der Waals surface area contributed by atoms with Crippen LogP contribution in [0.4, 0.5) is 11.4 Å². The van der Waals surface area contributed by atoms with Gasteiger partial charge in [0.2, 0.25) is 5.69 Å². The average molecular weight is 706 g/mol. The molecule has 2 aliphatic rings. The summed E-state index contributed by atoms with van der Waals surface area (Å²) in [5.41, 5.74) is 8.87. The van der Waals surface area contributed by atoms with Gasteiger partial charge in [0.1, 0.15) is 6.54 Å². The number of benzene rings is 4. The molecule has 0 aliphatic carbocycles. The Morgan fingerprint density at radius 1 is 0.863 bits per heavy atom. The molecule has 0 fully saturated rings. The number of fused-ring (bicyclic) bond motifs is 6. The number of carbonyl (C=O) groups is 1. The number of likely N-dealkylation sites (N-methyl/N-ethyl adjacent to an activating group) is 1.